The maximum atomic E-state index is 9.97. The number of phenols is 2. The third-order valence-electron chi connectivity index (χ3n) is 4.14. The second-order valence-corrected chi connectivity index (χ2v) is 6.97. The van der Waals surface area contributed by atoms with Gasteiger partial charge in [-0.3, -0.25) is 0 Å². The van der Waals surface area contributed by atoms with Gasteiger partial charge in [-0.2, -0.15) is 0 Å². The molecule has 0 spiro atoms. The molecule has 0 saturated carbocycles. The summed E-state index contributed by atoms with van der Waals surface area (Å²) in [5, 5.41) is 19.9. The Bertz CT molecular complexity index is 751. The summed E-state index contributed by atoms with van der Waals surface area (Å²) in [5.41, 5.74) is 5.14. The van der Waals surface area contributed by atoms with E-state index in [9.17, 15) is 10.2 Å². The van der Waals surface area contributed by atoms with Gasteiger partial charge in [0.25, 0.3) is 0 Å². The van der Waals surface area contributed by atoms with Crippen LogP contribution in [0.2, 0.25) is 0 Å². The quantitative estimate of drug-likeness (QED) is 0.614. The van der Waals surface area contributed by atoms with Crippen LogP contribution in [0.5, 0.6) is 11.5 Å². The van der Waals surface area contributed by atoms with Crippen molar-refractivity contribution in [1.29, 1.82) is 0 Å². The van der Waals surface area contributed by atoms with Gasteiger partial charge >= 0.3 is 0 Å². The molecular weight excluding hydrogens is 312 g/mol. The smallest absolute Gasteiger partial charge is 0.126 e. The zero-order chi connectivity index (χ0) is 18.4. The summed E-state index contributed by atoms with van der Waals surface area (Å²) in [5.74, 6) is 1.23. The molecule has 0 aliphatic heterocycles. The van der Waals surface area contributed by atoms with Gasteiger partial charge in [0.1, 0.15) is 17.3 Å². The average molecular weight is 340 g/mol. The van der Waals surface area contributed by atoms with E-state index >= 15 is 0 Å². The van der Waals surface area contributed by atoms with Crippen molar-refractivity contribution in [3.8, 4) is 11.5 Å². The van der Waals surface area contributed by atoms with Crippen LogP contribution in [0.3, 0.4) is 0 Å². The van der Waals surface area contributed by atoms with Crippen LogP contribution in [-0.2, 0) is 12.8 Å². The minimum absolute atomic E-state index is 0.159. The van der Waals surface area contributed by atoms with E-state index in [2.05, 4.69) is 32.9 Å². The molecule has 2 N–H and O–H groups in total. The van der Waals surface area contributed by atoms with E-state index in [0.717, 1.165) is 30.6 Å². The molecule has 2 rings (SSSR count). The van der Waals surface area contributed by atoms with Gasteiger partial charge < -0.3 is 14.6 Å². The van der Waals surface area contributed by atoms with Crippen LogP contribution >= 0.6 is 0 Å². The summed E-state index contributed by atoms with van der Waals surface area (Å²) in [6.45, 7) is 8.05. The predicted octanol–water partition coefficient (Wildman–Crippen LogP) is 5.93. The second-order valence-electron chi connectivity index (χ2n) is 6.97. The number of rotatable bonds is 7. The number of aromatic hydroxyl groups is 2. The topological polar surface area (TPSA) is 53.6 Å². The van der Waals surface area contributed by atoms with Crippen molar-refractivity contribution in [2.24, 2.45) is 0 Å². The maximum Gasteiger partial charge on any atom is 0.126 e. The molecule has 25 heavy (non-hydrogen) atoms. The lowest BCUT2D eigenvalue weighted by Gasteiger charge is -2.07. The van der Waals surface area contributed by atoms with Gasteiger partial charge in [0, 0.05) is 5.56 Å². The van der Waals surface area contributed by atoms with Crippen LogP contribution in [0.4, 0.5) is 0 Å². The Kier molecular flexibility index (Phi) is 6.51. The molecule has 1 heterocycles. The van der Waals surface area contributed by atoms with Crippen LogP contribution in [0, 0.1) is 6.92 Å². The van der Waals surface area contributed by atoms with Crippen molar-refractivity contribution in [2.75, 3.05) is 0 Å². The van der Waals surface area contributed by atoms with Crippen molar-refractivity contribution in [2.45, 2.75) is 53.4 Å². The summed E-state index contributed by atoms with van der Waals surface area (Å²) in [4.78, 5) is 0. The molecule has 134 valence electrons. The highest BCUT2D eigenvalue weighted by atomic mass is 16.3. The minimum Gasteiger partial charge on any atom is -0.508 e. The normalized spacial score (nSPS) is 11.6. The Labute approximate surface area is 150 Å². The number of benzene rings is 1. The Morgan fingerprint density at radius 2 is 1.76 bits per heavy atom. The number of phenolic OH excluding ortho intramolecular Hbond substituents is 2. The molecule has 3 heteroatoms. The van der Waals surface area contributed by atoms with Gasteiger partial charge in [0.15, 0.2) is 0 Å². The molecule has 0 fully saturated rings. The summed E-state index contributed by atoms with van der Waals surface area (Å²) in [6.07, 6.45) is 9.49. The lowest BCUT2D eigenvalue weighted by molar-refractivity contribution is 0.440. The molecule has 2 aromatic rings. The second kappa shape index (κ2) is 8.61. The summed E-state index contributed by atoms with van der Waals surface area (Å²) >= 11 is 0. The fourth-order valence-electron chi connectivity index (χ4n) is 2.82. The van der Waals surface area contributed by atoms with Gasteiger partial charge in [-0.05, 0) is 88.8 Å². The first-order valence-electron chi connectivity index (χ1n) is 8.74. The van der Waals surface area contributed by atoms with Crippen LogP contribution in [0.15, 0.2) is 46.1 Å². The Morgan fingerprint density at radius 1 is 1.08 bits per heavy atom. The summed E-state index contributed by atoms with van der Waals surface area (Å²) < 4.78 is 5.53. The fraction of sp³-hybridized carbons (Fsp3) is 0.364. The molecule has 0 aliphatic carbocycles. The monoisotopic (exact) mass is 340 g/mol. The van der Waals surface area contributed by atoms with Crippen LogP contribution in [0.25, 0.3) is 6.08 Å². The molecule has 1 aromatic heterocycles. The first-order chi connectivity index (χ1) is 11.8. The van der Waals surface area contributed by atoms with E-state index in [1.807, 2.05) is 19.3 Å². The number of aryl methyl sites for hydroxylation is 2. The number of hydrogen-bond donors (Lipinski definition) is 2. The van der Waals surface area contributed by atoms with Crippen molar-refractivity contribution < 1.29 is 14.6 Å². The van der Waals surface area contributed by atoms with E-state index in [1.54, 1.807) is 12.1 Å². The van der Waals surface area contributed by atoms with Gasteiger partial charge in [0.05, 0.1) is 6.26 Å². The molecular formula is C22H28O3. The zero-order valence-electron chi connectivity index (χ0n) is 15.6. The lowest BCUT2D eigenvalue weighted by atomic mass is 10.0. The van der Waals surface area contributed by atoms with Crippen molar-refractivity contribution in [3.05, 3.63) is 64.1 Å². The van der Waals surface area contributed by atoms with E-state index in [0.29, 0.717) is 12.0 Å². The molecule has 0 unspecified atom stereocenters. The predicted molar refractivity (Wildman–Crippen MR) is 103 cm³/mol. The number of hydrogen-bond acceptors (Lipinski definition) is 3. The standard InChI is InChI=1S/C22H28O3/c1-15(2)10-19-13-18(14-25-19)7-5-6-16(3)8-9-20-21(23)11-17(4)12-22(20)24/h8,10-14,23-24H,5-7,9H2,1-4H3. The van der Waals surface area contributed by atoms with Crippen LogP contribution < -0.4 is 0 Å². The van der Waals surface area contributed by atoms with E-state index in [-0.39, 0.29) is 11.5 Å². The first-order valence-corrected chi connectivity index (χ1v) is 8.74. The molecule has 0 atom stereocenters. The van der Waals surface area contributed by atoms with Gasteiger partial charge in [-0.15, -0.1) is 0 Å². The molecule has 0 saturated heterocycles. The molecule has 0 bridgehead atoms. The Hall–Kier alpha value is -2.42. The lowest BCUT2D eigenvalue weighted by Crippen LogP contribution is -1.89. The third kappa shape index (κ3) is 5.86. The largest absolute Gasteiger partial charge is 0.508 e. The first kappa shape index (κ1) is 18.9. The van der Waals surface area contributed by atoms with E-state index < -0.39 is 0 Å². The van der Waals surface area contributed by atoms with Crippen molar-refractivity contribution in [1.82, 2.24) is 0 Å². The summed E-state index contributed by atoms with van der Waals surface area (Å²) in [7, 11) is 0. The van der Waals surface area contributed by atoms with Crippen LogP contribution in [0.1, 0.15) is 56.1 Å². The van der Waals surface area contributed by atoms with E-state index in [1.165, 1.54) is 16.7 Å². The minimum atomic E-state index is 0.159. The SMILES string of the molecule is CC(C)=Cc1cc(CCCC(C)=CCc2c(O)cc(C)cc2O)co1. The highest BCUT2D eigenvalue weighted by Crippen LogP contribution is 2.29. The highest BCUT2D eigenvalue weighted by Gasteiger charge is 2.07. The van der Waals surface area contributed by atoms with Crippen LogP contribution in [-0.4, -0.2) is 10.2 Å². The highest BCUT2D eigenvalue weighted by molar-refractivity contribution is 5.48. The molecule has 0 amide bonds. The summed E-state index contributed by atoms with van der Waals surface area (Å²) in [6, 6.07) is 5.46. The molecule has 3 nitrogen and oxygen atoms in total. The molecule has 0 radical (unpaired) electrons. The number of furan rings is 1. The van der Waals surface area contributed by atoms with E-state index in [4.69, 9.17) is 4.42 Å². The van der Waals surface area contributed by atoms with Crippen molar-refractivity contribution in [3.63, 3.8) is 0 Å². The van der Waals surface area contributed by atoms with Crippen molar-refractivity contribution >= 4 is 6.08 Å². The average Bonchev–Trinajstić information content (AvgIpc) is 2.92. The molecule has 0 aliphatic rings. The third-order valence-corrected chi connectivity index (χ3v) is 4.14. The maximum absolute atomic E-state index is 9.97. The number of allylic oxidation sites excluding steroid dienone is 3. The Morgan fingerprint density at radius 3 is 2.40 bits per heavy atom. The Balaban J connectivity index is 1.86. The fourth-order valence-corrected chi connectivity index (χ4v) is 2.82. The van der Waals surface area contributed by atoms with Gasteiger partial charge in [-0.1, -0.05) is 17.2 Å². The zero-order valence-corrected chi connectivity index (χ0v) is 15.6. The van der Waals surface area contributed by atoms with Gasteiger partial charge in [0.2, 0.25) is 0 Å². The molecule has 1 aromatic carbocycles. The van der Waals surface area contributed by atoms with Gasteiger partial charge in [-0.25, -0.2) is 0 Å².